The van der Waals surface area contributed by atoms with Crippen molar-refractivity contribution in [1.82, 2.24) is 71.5 Å². The number of hydrogen-bond donors (Lipinski definition) is 8. The van der Waals surface area contributed by atoms with Crippen LogP contribution in [0.25, 0.3) is 33.5 Å². The van der Waals surface area contributed by atoms with Crippen LogP contribution in [0, 0.1) is 5.82 Å². The summed E-state index contributed by atoms with van der Waals surface area (Å²) in [6.07, 6.45) is 2.39. The number of piperidine rings is 2. The maximum Gasteiger partial charge on any atom is 0.416 e. The third kappa shape index (κ3) is 11.3. The normalized spacial score (nSPS) is 15.5. The molecule has 0 spiro atoms. The van der Waals surface area contributed by atoms with Gasteiger partial charge >= 0.3 is 6.18 Å². The summed E-state index contributed by atoms with van der Waals surface area (Å²) in [6, 6.07) is 26.2. The van der Waals surface area contributed by atoms with E-state index in [4.69, 9.17) is 19.7 Å². The second kappa shape index (κ2) is 22.1. The largest absolute Gasteiger partial charge is 0.497 e. The van der Waals surface area contributed by atoms with Crippen molar-refractivity contribution in [2.45, 2.75) is 55.5 Å². The molecule has 404 valence electrons. The van der Waals surface area contributed by atoms with Crippen molar-refractivity contribution in [3.8, 4) is 39.2 Å². The summed E-state index contributed by atoms with van der Waals surface area (Å²) in [7, 11) is 1.49. The maximum absolute atomic E-state index is 14.6. The number of carbonyl (C=O) groups excluding carboxylic acids is 2. The van der Waals surface area contributed by atoms with Gasteiger partial charge in [-0.05, 0) is 129 Å². The minimum Gasteiger partial charge on any atom is -0.497 e. The average Bonchev–Trinajstić information content (AvgIpc) is 4.35. The molecule has 25 heteroatoms. The van der Waals surface area contributed by atoms with Gasteiger partial charge in [0, 0.05) is 77.4 Å². The number of halogens is 4. The van der Waals surface area contributed by atoms with Crippen LogP contribution in [0.1, 0.15) is 75.5 Å². The summed E-state index contributed by atoms with van der Waals surface area (Å²) in [5.74, 6) is 1.02. The summed E-state index contributed by atoms with van der Waals surface area (Å²) in [5.41, 5.74) is 1.75. The molecule has 0 radical (unpaired) electrons. The molecule has 0 saturated carbocycles. The molecule has 0 bridgehead atoms. The van der Waals surface area contributed by atoms with Crippen LogP contribution in [0.3, 0.4) is 0 Å². The second-order valence-corrected chi connectivity index (χ2v) is 20.0. The molecule has 2 fully saturated rings. The maximum atomic E-state index is 14.6. The Balaban J connectivity index is 0.796. The summed E-state index contributed by atoms with van der Waals surface area (Å²) >= 11 is 1.28. The molecule has 2 saturated heterocycles. The molecule has 1 atom stereocenters. The number of carbonyl (C=O) groups is 2. The molecular weight excluding hydrogens is 1040 g/mol. The number of aromatic amines is 3. The monoisotopic (exact) mass is 1090 g/mol. The van der Waals surface area contributed by atoms with Gasteiger partial charge in [-0.1, -0.05) is 18.2 Å². The smallest absolute Gasteiger partial charge is 0.416 e. The van der Waals surface area contributed by atoms with Gasteiger partial charge in [-0.2, -0.15) is 28.5 Å². The molecule has 11 rings (SSSR count). The van der Waals surface area contributed by atoms with E-state index >= 15 is 0 Å². The Kier molecular flexibility index (Phi) is 14.5. The third-order valence-electron chi connectivity index (χ3n) is 14.0. The van der Waals surface area contributed by atoms with Crippen molar-refractivity contribution in [2.24, 2.45) is 0 Å². The van der Waals surface area contributed by atoms with Crippen LogP contribution >= 0.6 is 11.3 Å². The van der Waals surface area contributed by atoms with Gasteiger partial charge in [0.15, 0.2) is 41.0 Å². The van der Waals surface area contributed by atoms with Crippen molar-refractivity contribution < 1.29 is 31.9 Å². The van der Waals surface area contributed by atoms with Crippen LogP contribution in [0.4, 0.5) is 34.8 Å². The highest BCUT2D eigenvalue weighted by Gasteiger charge is 2.45. The predicted molar refractivity (Wildman–Crippen MR) is 286 cm³/mol. The molecule has 79 heavy (non-hydrogen) atoms. The molecule has 1 unspecified atom stereocenters. The first-order chi connectivity index (χ1) is 38.3. The quantitative estimate of drug-likeness (QED) is 0.0399. The molecule has 3 aromatic carbocycles. The van der Waals surface area contributed by atoms with E-state index in [-0.39, 0.29) is 23.8 Å². The number of ether oxygens (including phenoxy) is 1. The Hall–Kier alpha value is -9.10. The van der Waals surface area contributed by atoms with E-state index in [1.54, 1.807) is 72.5 Å². The van der Waals surface area contributed by atoms with E-state index in [1.807, 2.05) is 30.3 Å². The van der Waals surface area contributed by atoms with Crippen LogP contribution in [0.5, 0.6) is 5.75 Å². The van der Waals surface area contributed by atoms with Gasteiger partial charge in [-0.15, -0.1) is 11.3 Å². The Morgan fingerprint density at radius 2 is 1.37 bits per heavy atom. The van der Waals surface area contributed by atoms with Crippen LogP contribution in [0.2, 0.25) is 0 Å². The molecule has 8 N–H and O–H groups in total. The number of nitrogens with zero attached hydrogens (tertiary/aromatic N) is 9. The third-order valence-corrected chi connectivity index (χ3v) is 14.9. The lowest BCUT2D eigenvalue weighted by molar-refractivity contribution is -0.156. The number of aromatic nitrogens is 11. The molecule has 9 aromatic rings. The molecule has 0 aliphatic carbocycles. The van der Waals surface area contributed by atoms with Gasteiger partial charge in [0.25, 0.3) is 11.8 Å². The minimum absolute atomic E-state index is 0.000372. The number of amides is 2. The summed E-state index contributed by atoms with van der Waals surface area (Å²) < 4.78 is 63.2. The number of rotatable bonds is 17. The Morgan fingerprint density at radius 3 is 2.03 bits per heavy atom. The molecule has 20 nitrogen and oxygen atoms in total. The molecule has 2 aliphatic heterocycles. The zero-order valence-electron chi connectivity index (χ0n) is 42.2. The van der Waals surface area contributed by atoms with Crippen LogP contribution in [0.15, 0.2) is 127 Å². The fourth-order valence-electron chi connectivity index (χ4n) is 9.81. The zero-order valence-corrected chi connectivity index (χ0v) is 43.1. The fourth-order valence-corrected chi connectivity index (χ4v) is 10.5. The standard InChI is InChI=1S/C54H51F4N17O3S/c1-78-39-10-11-40(55)36(29-39)31-62-48(76)34-5-2-7-37(27-34)68-53(51-65-44(69-74-51)32-12-19-59-20-13-32)17-24-75(25-18-53)42-30-33(14-21-61-42)45-66-50(73-70-45)52(15-22-60-23-16-52)67-38-8-3-6-35(28-38)49(77)63-43(54(56,57)58)47-64-46(71-72-47)41-9-4-26-79-41/h2-14,19-21,26-30,43,60,67-68H,15-18,22-25,31H2,1H3,(H,62,76)(H,63,77)(H,64,71,72)(H,65,69,74)(H,66,70,73). The lowest BCUT2D eigenvalue weighted by Gasteiger charge is -2.42. The van der Waals surface area contributed by atoms with Crippen LogP contribution in [-0.4, -0.2) is 107 Å². The Morgan fingerprint density at radius 1 is 0.722 bits per heavy atom. The SMILES string of the molecule is COc1ccc(F)c(CNC(=O)c2cccc(NC3(c4nc(-c5ccncc5)n[nH]4)CCN(c4cc(-c5n[nH]c(C6(Nc7cccc(C(=O)NC(c8nc(-c9cccs9)n[nH]8)C(F)(F)F)c7)CCNCC6)n5)ccn4)CC3)c2)c1. The molecular formula is C54H51F4N17O3S. The van der Waals surface area contributed by atoms with Crippen molar-refractivity contribution in [2.75, 3.05) is 48.8 Å². The highest BCUT2D eigenvalue weighted by molar-refractivity contribution is 7.13. The van der Waals surface area contributed by atoms with Gasteiger partial charge in [0.05, 0.1) is 17.5 Å². The number of benzene rings is 3. The van der Waals surface area contributed by atoms with E-state index < -0.39 is 40.8 Å². The first kappa shape index (κ1) is 52.0. The van der Waals surface area contributed by atoms with Gasteiger partial charge < -0.3 is 36.2 Å². The number of methoxy groups -OCH3 is 1. The van der Waals surface area contributed by atoms with Crippen molar-refractivity contribution in [3.05, 3.63) is 167 Å². The van der Waals surface area contributed by atoms with Crippen molar-refractivity contribution >= 4 is 40.3 Å². The van der Waals surface area contributed by atoms with E-state index in [2.05, 4.69) is 72.0 Å². The van der Waals surface area contributed by atoms with E-state index in [1.165, 1.54) is 42.7 Å². The molecule has 8 heterocycles. The summed E-state index contributed by atoms with van der Waals surface area (Å²) in [6.45, 7) is 2.27. The molecule has 2 amide bonds. The number of nitrogens with one attached hydrogen (secondary N) is 8. The van der Waals surface area contributed by atoms with Crippen molar-refractivity contribution in [1.29, 1.82) is 0 Å². The summed E-state index contributed by atoms with van der Waals surface area (Å²) in [5, 5.41) is 39.3. The highest BCUT2D eigenvalue weighted by Crippen LogP contribution is 2.39. The number of anilines is 3. The topological polar surface area (TPSA) is 257 Å². The van der Waals surface area contributed by atoms with Gasteiger partial charge in [-0.3, -0.25) is 29.9 Å². The number of thiophene rings is 1. The number of alkyl halides is 3. The van der Waals surface area contributed by atoms with Crippen molar-refractivity contribution in [3.63, 3.8) is 0 Å². The lowest BCUT2D eigenvalue weighted by Crippen LogP contribution is -2.48. The number of H-pyrrole nitrogens is 3. The zero-order chi connectivity index (χ0) is 54.6. The Labute approximate surface area is 452 Å². The predicted octanol–water partition coefficient (Wildman–Crippen LogP) is 8.30. The molecule has 2 aliphatic rings. The number of hydrogen-bond acceptors (Lipinski definition) is 16. The summed E-state index contributed by atoms with van der Waals surface area (Å²) in [4.78, 5) is 52.8. The highest BCUT2D eigenvalue weighted by atomic mass is 32.1. The van der Waals surface area contributed by atoms with Crippen LogP contribution < -0.4 is 36.2 Å². The van der Waals surface area contributed by atoms with E-state index in [0.717, 1.165) is 5.56 Å². The minimum atomic E-state index is -4.87. The van der Waals surface area contributed by atoms with E-state index in [0.29, 0.717) is 120 Å². The number of pyridine rings is 2. The first-order valence-electron chi connectivity index (χ1n) is 25.2. The Bertz CT molecular complexity index is 3580. The van der Waals surface area contributed by atoms with Gasteiger partial charge in [0.1, 0.15) is 22.9 Å². The lowest BCUT2D eigenvalue weighted by atomic mass is 9.86. The van der Waals surface area contributed by atoms with Crippen LogP contribution in [-0.2, 0) is 17.6 Å². The fraction of sp³-hybridized carbons (Fsp3) is 0.259. The van der Waals surface area contributed by atoms with Gasteiger partial charge in [0.2, 0.25) is 0 Å². The second-order valence-electron chi connectivity index (χ2n) is 19.1. The first-order valence-corrected chi connectivity index (χ1v) is 26.1. The average molecular weight is 1090 g/mol. The molecule has 6 aromatic heterocycles. The van der Waals surface area contributed by atoms with E-state index in [9.17, 15) is 27.2 Å². The van der Waals surface area contributed by atoms with Gasteiger partial charge in [-0.25, -0.2) is 24.3 Å².